The highest BCUT2D eigenvalue weighted by Crippen LogP contribution is 2.19. The van der Waals surface area contributed by atoms with Crippen LogP contribution >= 0.6 is 0 Å². The van der Waals surface area contributed by atoms with E-state index in [0.29, 0.717) is 0 Å². The zero-order chi connectivity index (χ0) is 13.4. The number of nitrogens with one attached hydrogen (secondary N) is 1. The van der Waals surface area contributed by atoms with Gasteiger partial charge in [0.2, 0.25) is 0 Å². The van der Waals surface area contributed by atoms with Gasteiger partial charge in [0.15, 0.2) is 0 Å². The zero-order valence-electron chi connectivity index (χ0n) is 12.5. The fraction of sp³-hybridized carbons (Fsp3) is 0.800. The van der Waals surface area contributed by atoms with E-state index in [9.17, 15) is 0 Å². The monoisotopic (exact) mass is 251 g/mol. The molecule has 1 aromatic heterocycles. The lowest BCUT2D eigenvalue weighted by molar-refractivity contribution is 0.403. The van der Waals surface area contributed by atoms with Gasteiger partial charge >= 0.3 is 0 Å². The summed E-state index contributed by atoms with van der Waals surface area (Å²) in [4.78, 5) is 4.29. The Morgan fingerprint density at radius 3 is 2.50 bits per heavy atom. The molecule has 0 aliphatic heterocycles. The van der Waals surface area contributed by atoms with Crippen LogP contribution in [0.1, 0.15) is 65.0 Å². The van der Waals surface area contributed by atoms with E-state index in [1.54, 1.807) is 0 Å². The van der Waals surface area contributed by atoms with Gasteiger partial charge in [-0.25, -0.2) is 4.98 Å². The van der Waals surface area contributed by atoms with Crippen molar-refractivity contribution in [3.63, 3.8) is 0 Å². The molecule has 0 fully saturated rings. The van der Waals surface area contributed by atoms with Crippen molar-refractivity contribution in [3.05, 3.63) is 18.2 Å². The average Bonchev–Trinajstić information content (AvgIpc) is 2.82. The molecule has 0 saturated carbocycles. The summed E-state index contributed by atoms with van der Waals surface area (Å²) in [6.07, 6.45) is 12.0. The molecule has 3 nitrogen and oxygen atoms in total. The summed E-state index contributed by atoms with van der Waals surface area (Å²) in [7, 11) is 2.00. The Morgan fingerprint density at radius 1 is 1.17 bits per heavy atom. The van der Waals surface area contributed by atoms with Crippen molar-refractivity contribution in [3.8, 4) is 0 Å². The van der Waals surface area contributed by atoms with E-state index >= 15 is 0 Å². The lowest BCUT2D eigenvalue weighted by Crippen LogP contribution is -2.35. The van der Waals surface area contributed by atoms with E-state index < -0.39 is 0 Å². The third-order valence-corrected chi connectivity index (χ3v) is 3.73. The first-order valence-corrected chi connectivity index (χ1v) is 7.31. The molecule has 3 heteroatoms. The van der Waals surface area contributed by atoms with Gasteiger partial charge in [0.05, 0.1) is 17.6 Å². The van der Waals surface area contributed by atoms with Crippen LogP contribution < -0.4 is 5.32 Å². The number of imidazole rings is 1. The molecular weight excluding hydrogens is 222 g/mol. The van der Waals surface area contributed by atoms with Crippen molar-refractivity contribution in [1.29, 1.82) is 0 Å². The number of rotatable bonds is 9. The lowest BCUT2D eigenvalue weighted by Gasteiger charge is -2.25. The predicted molar refractivity (Wildman–Crippen MR) is 77.7 cm³/mol. The number of unbranched alkanes of at least 4 members (excludes halogenated alkanes) is 5. The third-order valence-electron chi connectivity index (χ3n) is 3.73. The molecule has 0 aliphatic carbocycles. The highest BCUT2D eigenvalue weighted by Gasteiger charge is 2.21. The number of nitrogens with zero attached hydrogens (tertiary/aromatic N) is 2. The molecule has 0 aromatic carbocycles. The molecule has 0 atom stereocenters. The van der Waals surface area contributed by atoms with Crippen molar-refractivity contribution in [2.24, 2.45) is 0 Å². The molecule has 0 bridgehead atoms. The summed E-state index contributed by atoms with van der Waals surface area (Å²) in [6.45, 7) is 7.74. The van der Waals surface area contributed by atoms with Crippen molar-refractivity contribution >= 4 is 0 Å². The van der Waals surface area contributed by atoms with E-state index in [1.165, 1.54) is 44.2 Å². The topological polar surface area (TPSA) is 29.9 Å². The third kappa shape index (κ3) is 4.45. The van der Waals surface area contributed by atoms with Crippen LogP contribution in [0.4, 0.5) is 0 Å². The molecule has 0 saturated heterocycles. The Bertz CT molecular complexity index is 328. The van der Waals surface area contributed by atoms with E-state index in [-0.39, 0.29) is 5.54 Å². The Hall–Kier alpha value is -0.830. The molecule has 1 aromatic rings. The standard InChI is InChI=1S/C15H29N3/c1-5-6-7-8-9-10-11-18-13-17-12-14(18)15(2,3)16-4/h12-13,16H,5-11H2,1-4H3. The fourth-order valence-electron chi connectivity index (χ4n) is 2.21. The smallest absolute Gasteiger partial charge is 0.0948 e. The van der Waals surface area contributed by atoms with Gasteiger partial charge in [-0.3, -0.25) is 0 Å². The maximum absolute atomic E-state index is 4.29. The minimum atomic E-state index is -0.00128. The fourth-order valence-corrected chi connectivity index (χ4v) is 2.21. The molecule has 1 N–H and O–H groups in total. The van der Waals surface area contributed by atoms with Gasteiger partial charge < -0.3 is 9.88 Å². The van der Waals surface area contributed by atoms with Gasteiger partial charge in [-0.05, 0) is 27.3 Å². The van der Waals surface area contributed by atoms with Gasteiger partial charge in [-0.1, -0.05) is 39.0 Å². The van der Waals surface area contributed by atoms with Gasteiger partial charge in [0, 0.05) is 12.7 Å². The first-order chi connectivity index (χ1) is 8.61. The minimum absolute atomic E-state index is 0.00128. The molecule has 0 unspecified atom stereocenters. The Labute approximate surface area is 112 Å². The molecule has 1 heterocycles. The highest BCUT2D eigenvalue weighted by molar-refractivity contribution is 5.10. The highest BCUT2D eigenvalue weighted by atomic mass is 15.1. The molecule has 1 rings (SSSR count). The van der Waals surface area contributed by atoms with Crippen LogP contribution in [0.5, 0.6) is 0 Å². The molecular formula is C15H29N3. The number of aromatic nitrogens is 2. The lowest BCUT2D eigenvalue weighted by atomic mass is 10.0. The van der Waals surface area contributed by atoms with Crippen LogP contribution in [0.3, 0.4) is 0 Å². The van der Waals surface area contributed by atoms with Gasteiger partial charge in [0.25, 0.3) is 0 Å². The maximum Gasteiger partial charge on any atom is 0.0948 e. The second-order valence-corrected chi connectivity index (χ2v) is 5.62. The normalized spacial score (nSPS) is 12.0. The van der Waals surface area contributed by atoms with Crippen LogP contribution in [0.2, 0.25) is 0 Å². The molecule has 104 valence electrons. The first-order valence-electron chi connectivity index (χ1n) is 7.31. The van der Waals surface area contributed by atoms with Crippen LogP contribution in [-0.4, -0.2) is 16.6 Å². The molecule has 0 aliphatic rings. The summed E-state index contributed by atoms with van der Waals surface area (Å²) < 4.78 is 2.29. The summed E-state index contributed by atoms with van der Waals surface area (Å²) in [6, 6.07) is 0. The SMILES string of the molecule is CCCCCCCCn1cncc1C(C)(C)NC. The molecule has 0 amide bonds. The zero-order valence-corrected chi connectivity index (χ0v) is 12.5. The van der Waals surface area contributed by atoms with Crippen molar-refractivity contribution in [1.82, 2.24) is 14.9 Å². The second-order valence-electron chi connectivity index (χ2n) is 5.62. The maximum atomic E-state index is 4.29. The Kier molecular flexibility index (Phi) is 6.41. The van der Waals surface area contributed by atoms with Crippen LogP contribution in [0.25, 0.3) is 0 Å². The van der Waals surface area contributed by atoms with Gasteiger partial charge in [-0.2, -0.15) is 0 Å². The number of hydrogen-bond acceptors (Lipinski definition) is 2. The van der Waals surface area contributed by atoms with Crippen molar-refractivity contribution < 1.29 is 0 Å². The van der Waals surface area contributed by atoms with E-state index in [4.69, 9.17) is 0 Å². The minimum Gasteiger partial charge on any atom is -0.333 e. The van der Waals surface area contributed by atoms with E-state index in [0.717, 1.165) is 6.54 Å². The average molecular weight is 251 g/mol. The summed E-state index contributed by atoms with van der Waals surface area (Å²) in [5.41, 5.74) is 1.28. The molecule has 0 spiro atoms. The van der Waals surface area contributed by atoms with Crippen molar-refractivity contribution in [2.75, 3.05) is 7.05 Å². The quantitative estimate of drug-likeness (QED) is 0.678. The summed E-state index contributed by atoms with van der Waals surface area (Å²) in [5.74, 6) is 0. The summed E-state index contributed by atoms with van der Waals surface area (Å²) >= 11 is 0. The van der Waals surface area contributed by atoms with E-state index in [2.05, 4.69) is 35.6 Å². The largest absolute Gasteiger partial charge is 0.333 e. The van der Waals surface area contributed by atoms with E-state index in [1.807, 2.05) is 19.6 Å². The second kappa shape index (κ2) is 7.57. The van der Waals surface area contributed by atoms with Crippen molar-refractivity contribution in [2.45, 2.75) is 71.4 Å². The predicted octanol–water partition coefficient (Wildman–Crippen LogP) is 3.70. The van der Waals surface area contributed by atoms with Crippen LogP contribution in [0, 0.1) is 0 Å². The van der Waals surface area contributed by atoms with Gasteiger partial charge in [-0.15, -0.1) is 0 Å². The van der Waals surface area contributed by atoms with Crippen LogP contribution in [-0.2, 0) is 12.1 Å². The molecule has 18 heavy (non-hydrogen) atoms. The Morgan fingerprint density at radius 2 is 1.83 bits per heavy atom. The first kappa shape index (κ1) is 15.2. The Balaban J connectivity index is 2.37. The van der Waals surface area contributed by atoms with Gasteiger partial charge in [0.1, 0.15) is 0 Å². The number of hydrogen-bond donors (Lipinski definition) is 1. The molecule has 0 radical (unpaired) electrons. The number of aryl methyl sites for hydroxylation is 1. The van der Waals surface area contributed by atoms with Crippen LogP contribution in [0.15, 0.2) is 12.5 Å². The summed E-state index contributed by atoms with van der Waals surface area (Å²) in [5, 5.41) is 3.34.